The number of hydrogen-bond donors (Lipinski definition) is 1. The average Bonchev–Trinajstić information content (AvgIpc) is 3.52. The van der Waals surface area contributed by atoms with Crippen molar-refractivity contribution < 1.29 is 22.8 Å². The van der Waals surface area contributed by atoms with Crippen molar-refractivity contribution in [1.82, 2.24) is 14.9 Å². The Morgan fingerprint density at radius 1 is 0.875 bits per heavy atom. The molecule has 4 aromatic rings. The lowest BCUT2D eigenvalue weighted by Gasteiger charge is -2.32. The number of carbonyl (C=O) groups excluding carboxylic acids is 2. The minimum absolute atomic E-state index is 0.171. The van der Waals surface area contributed by atoms with Crippen LogP contribution in [-0.4, -0.2) is 27.4 Å². The molecule has 0 bridgehead atoms. The second kappa shape index (κ2) is 8.11. The number of benzene rings is 3. The molecule has 1 N–H and O–H groups in total. The lowest BCUT2D eigenvalue weighted by molar-refractivity contribution is -0.137. The van der Waals surface area contributed by atoms with Gasteiger partial charge < -0.3 is 0 Å². The van der Waals surface area contributed by atoms with E-state index in [4.69, 9.17) is 4.98 Å². The highest BCUT2D eigenvalue weighted by molar-refractivity contribution is 6.23. The van der Waals surface area contributed by atoms with Crippen molar-refractivity contribution in [3.63, 3.8) is 0 Å². The molecular formula is C30H23F3N4O3. The normalized spacial score (nSPS) is 25.2. The number of para-hydroxylation sites is 3. The van der Waals surface area contributed by atoms with Gasteiger partial charge in [-0.1, -0.05) is 56.3 Å². The predicted octanol–water partition coefficient (Wildman–Crippen LogP) is 4.40. The third-order valence-electron chi connectivity index (χ3n) is 8.47. The lowest BCUT2D eigenvalue weighted by Crippen LogP contribution is -2.51. The van der Waals surface area contributed by atoms with Crippen LogP contribution in [0.4, 0.5) is 18.9 Å². The smallest absolute Gasteiger partial charge is 0.296 e. The van der Waals surface area contributed by atoms with Gasteiger partial charge in [-0.3, -0.25) is 24.3 Å². The number of fused-ring (bicyclic) bond motifs is 8. The van der Waals surface area contributed by atoms with Crippen LogP contribution in [0, 0.1) is 17.8 Å². The summed E-state index contributed by atoms with van der Waals surface area (Å²) < 4.78 is 43.5. The number of hydrogen-bond acceptors (Lipinski definition) is 5. The first-order chi connectivity index (χ1) is 19.1. The predicted molar refractivity (Wildman–Crippen MR) is 141 cm³/mol. The van der Waals surface area contributed by atoms with Gasteiger partial charge in [0.05, 0.1) is 39.7 Å². The molecule has 1 aromatic heterocycles. The first kappa shape index (κ1) is 24.7. The lowest BCUT2D eigenvalue weighted by atomic mass is 9.75. The molecule has 2 saturated heterocycles. The summed E-state index contributed by atoms with van der Waals surface area (Å²) in [5.41, 5.74) is -1.76. The summed E-state index contributed by atoms with van der Waals surface area (Å²) in [5, 5.41) is 3.93. The van der Waals surface area contributed by atoms with E-state index in [0.717, 1.165) is 12.1 Å². The van der Waals surface area contributed by atoms with Crippen molar-refractivity contribution in [3.8, 4) is 5.69 Å². The van der Waals surface area contributed by atoms with E-state index in [2.05, 4.69) is 5.32 Å². The summed E-state index contributed by atoms with van der Waals surface area (Å²) in [6, 6.07) is 18.0. The third kappa shape index (κ3) is 2.99. The Morgan fingerprint density at radius 2 is 1.52 bits per heavy atom. The van der Waals surface area contributed by atoms with E-state index < -0.39 is 52.7 Å². The number of nitrogens with zero attached hydrogens (tertiary/aromatic N) is 3. The summed E-state index contributed by atoms with van der Waals surface area (Å²) in [4.78, 5) is 47.8. The Labute approximate surface area is 226 Å². The number of carbonyl (C=O) groups is 2. The first-order valence-corrected chi connectivity index (χ1v) is 13.0. The Balaban J connectivity index is 1.53. The average molecular weight is 545 g/mol. The molecule has 2 amide bonds. The highest BCUT2D eigenvalue weighted by Gasteiger charge is 2.70. The van der Waals surface area contributed by atoms with E-state index in [0.29, 0.717) is 27.1 Å². The van der Waals surface area contributed by atoms with E-state index in [9.17, 15) is 27.6 Å². The number of alkyl halides is 3. The molecule has 7 rings (SSSR count). The molecule has 3 aromatic carbocycles. The maximum absolute atomic E-state index is 14.4. The zero-order chi connectivity index (χ0) is 28.1. The topological polar surface area (TPSA) is 84.3 Å². The van der Waals surface area contributed by atoms with Crippen molar-refractivity contribution in [2.24, 2.45) is 17.8 Å². The summed E-state index contributed by atoms with van der Waals surface area (Å²) in [7, 11) is 0. The molecule has 1 spiro atoms. The SMILES string of the molecule is CC(C)C1NC2(c3ccccc3-n3c2nc2ccccc2c3=O)C2C(=O)N(c3ccccc3C(F)(F)F)C(=O)C12. The number of anilines is 1. The quantitative estimate of drug-likeness (QED) is 0.379. The fourth-order valence-electron chi connectivity index (χ4n) is 6.87. The summed E-state index contributed by atoms with van der Waals surface area (Å²) >= 11 is 0. The number of nitrogens with one attached hydrogen (secondary N) is 1. The highest BCUT2D eigenvalue weighted by Crippen LogP contribution is 2.57. The van der Waals surface area contributed by atoms with Gasteiger partial charge in [-0.05, 0) is 36.2 Å². The molecule has 4 heterocycles. The van der Waals surface area contributed by atoms with Gasteiger partial charge in [0.1, 0.15) is 11.4 Å². The second-order valence-electron chi connectivity index (χ2n) is 10.9. The third-order valence-corrected chi connectivity index (χ3v) is 8.47. The second-order valence-corrected chi connectivity index (χ2v) is 10.9. The molecule has 202 valence electrons. The number of halogens is 3. The van der Waals surface area contributed by atoms with Crippen LogP contribution in [0.2, 0.25) is 0 Å². The maximum atomic E-state index is 14.4. The summed E-state index contributed by atoms with van der Waals surface area (Å²) in [5.74, 6) is -3.48. The number of amides is 2. The standard InChI is InChI=1S/C30H23F3N4O3/c1-15(2)24-22-23(27(40)36(26(22)39)21-14-8-5-11-18(21)30(31,32)33)29(35-24)17-10-4-7-13-20(17)37-25(38)16-9-3-6-12-19(16)34-28(29)37/h3-15,22-24,35H,1-2H3. The van der Waals surface area contributed by atoms with Crippen LogP contribution in [0.5, 0.6) is 0 Å². The molecule has 0 aliphatic carbocycles. The largest absolute Gasteiger partial charge is 0.418 e. The molecule has 10 heteroatoms. The van der Waals surface area contributed by atoms with Crippen LogP contribution in [0.1, 0.15) is 30.8 Å². The Kier molecular flexibility index (Phi) is 5.01. The fourth-order valence-corrected chi connectivity index (χ4v) is 6.87. The number of rotatable bonds is 2. The van der Waals surface area contributed by atoms with Gasteiger partial charge >= 0.3 is 6.18 Å². The molecule has 3 aliphatic rings. The summed E-state index contributed by atoms with van der Waals surface area (Å²) in [6.07, 6.45) is -4.78. The van der Waals surface area contributed by atoms with Gasteiger partial charge in [0.2, 0.25) is 11.8 Å². The molecule has 4 unspecified atom stereocenters. The van der Waals surface area contributed by atoms with E-state index in [-0.39, 0.29) is 17.3 Å². The van der Waals surface area contributed by atoms with Crippen molar-refractivity contribution in [3.05, 3.63) is 100 Å². The molecule has 0 radical (unpaired) electrons. The molecule has 7 nitrogen and oxygen atoms in total. The van der Waals surface area contributed by atoms with Crippen LogP contribution >= 0.6 is 0 Å². The van der Waals surface area contributed by atoms with Gasteiger partial charge in [-0.15, -0.1) is 0 Å². The zero-order valence-corrected chi connectivity index (χ0v) is 21.4. The van der Waals surface area contributed by atoms with Crippen LogP contribution < -0.4 is 15.8 Å². The molecule has 40 heavy (non-hydrogen) atoms. The van der Waals surface area contributed by atoms with Gasteiger partial charge in [-0.2, -0.15) is 13.2 Å². The fraction of sp³-hybridized carbons (Fsp3) is 0.267. The van der Waals surface area contributed by atoms with Crippen molar-refractivity contribution >= 4 is 28.4 Å². The molecule has 4 atom stereocenters. The Bertz CT molecular complexity index is 1810. The summed E-state index contributed by atoms with van der Waals surface area (Å²) in [6.45, 7) is 3.78. The van der Waals surface area contributed by atoms with Crippen LogP contribution in [0.15, 0.2) is 77.6 Å². The minimum atomic E-state index is -4.78. The number of aromatic nitrogens is 2. The maximum Gasteiger partial charge on any atom is 0.418 e. The Morgan fingerprint density at radius 3 is 2.25 bits per heavy atom. The zero-order valence-electron chi connectivity index (χ0n) is 21.4. The van der Waals surface area contributed by atoms with Gasteiger partial charge in [0, 0.05) is 11.6 Å². The molecule has 0 saturated carbocycles. The van der Waals surface area contributed by atoms with E-state index in [1.165, 1.54) is 16.7 Å². The van der Waals surface area contributed by atoms with Crippen LogP contribution in [0.25, 0.3) is 16.6 Å². The molecule has 3 aliphatic heterocycles. The van der Waals surface area contributed by atoms with Gasteiger partial charge in [0.15, 0.2) is 0 Å². The Hall–Kier alpha value is -4.31. The van der Waals surface area contributed by atoms with E-state index in [1.54, 1.807) is 48.5 Å². The van der Waals surface area contributed by atoms with Crippen molar-refractivity contribution in [1.29, 1.82) is 0 Å². The van der Waals surface area contributed by atoms with E-state index >= 15 is 0 Å². The monoisotopic (exact) mass is 544 g/mol. The van der Waals surface area contributed by atoms with Crippen LogP contribution in [-0.2, 0) is 21.3 Å². The molecular weight excluding hydrogens is 521 g/mol. The highest BCUT2D eigenvalue weighted by atomic mass is 19.4. The first-order valence-electron chi connectivity index (χ1n) is 13.0. The van der Waals surface area contributed by atoms with Crippen molar-refractivity contribution in [2.75, 3.05) is 4.90 Å². The number of imide groups is 1. The van der Waals surface area contributed by atoms with E-state index in [1.807, 2.05) is 13.8 Å². The van der Waals surface area contributed by atoms with Gasteiger partial charge in [-0.25, -0.2) is 9.88 Å². The van der Waals surface area contributed by atoms with Crippen molar-refractivity contribution in [2.45, 2.75) is 31.6 Å². The van der Waals surface area contributed by atoms with Gasteiger partial charge in [0.25, 0.3) is 5.56 Å². The molecule has 2 fully saturated rings. The van der Waals surface area contributed by atoms with Crippen LogP contribution in [0.3, 0.4) is 0 Å². The minimum Gasteiger partial charge on any atom is -0.296 e.